The molecule has 0 bridgehead atoms. The number of nitrogens with zero attached hydrogens (tertiary/aromatic N) is 4. The van der Waals surface area contributed by atoms with Crippen molar-refractivity contribution >= 4 is 39.9 Å². The number of amides is 1. The van der Waals surface area contributed by atoms with E-state index in [0.29, 0.717) is 43.8 Å². The summed E-state index contributed by atoms with van der Waals surface area (Å²) in [5, 5.41) is 15.0. The van der Waals surface area contributed by atoms with E-state index in [2.05, 4.69) is 25.7 Å². The van der Waals surface area contributed by atoms with Crippen molar-refractivity contribution in [3.05, 3.63) is 60.0 Å². The fraction of sp³-hybridized carbons (Fsp3) is 0.217. The highest BCUT2D eigenvalue weighted by atomic mass is 32.2. The van der Waals surface area contributed by atoms with Crippen LogP contribution in [0.25, 0.3) is 11.4 Å². The van der Waals surface area contributed by atoms with Gasteiger partial charge in [0.05, 0.1) is 25.5 Å². The van der Waals surface area contributed by atoms with Crippen LogP contribution in [0.15, 0.2) is 57.4 Å². The van der Waals surface area contributed by atoms with Crippen molar-refractivity contribution < 1.29 is 23.6 Å². The maximum absolute atomic E-state index is 12.3. The quantitative estimate of drug-likeness (QED) is 0.178. The second kappa shape index (κ2) is 11.6. The summed E-state index contributed by atoms with van der Waals surface area (Å²) >= 11 is 2.47. The fourth-order valence-electron chi connectivity index (χ4n) is 3.00. The Labute approximate surface area is 209 Å². The highest BCUT2D eigenvalue weighted by Gasteiger charge is 2.15. The number of aryl methyl sites for hydroxylation is 1. The van der Waals surface area contributed by atoms with Gasteiger partial charge in [0.1, 0.15) is 11.5 Å². The normalized spacial score (nSPS) is 10.7. The Kier molecular flexibility index (Phi) is 8.06. The number of carbonyl (C=O) groups is 2. The van der Waals surface area contributed by atoms with Gasteiger partial charge in [0.2, 0.25) is 22.8 Å². The SMILES string of the molecule is COc1ccc(C(=O)CSc2nnc(NC(=O)CCc3nc(-c4ccccc4OC)no3)s2)cc1. The zero-order valence-corrected chi connectivity index (χ0v) is 20.5. The van der Waals surface area contributed by atoms with Crippen molar-refractivity contribution in [3.63, 3.8) is 0 Å². The number of methoxy groups -OCH3 is 2. The monoisotopic (exact) mass is 511 g/mol. The predicted octanol–water partition coefficient (Wildman–Crippen LogP) is 4.15. The van der Waals surface area contributed by atoms with Gasteiger partial charge in [-0.3, -0.25) is 9.59 Å². The minimum atomic E-state index is -0.260. The minimum absolute atomic E-state index is 0.0366. The number of para-hydroxylation sites is 1. The van der Waals surface area contributed by atoms with Crippen LogP contribution in [0, 0.1) is 0 Å². The summed E-state index contributed by atoms with van der Waals surface area (Å²) in [6, 6.07) is 14.3. The van der Waals surface area contributed by atoms with Crippen LogP contribution in [0.1, 0.15) is 22.7 Å². The molecule has 0 aliphatic carbocycles. The number of anilines is 1. The Morgan fingerprint density at radius 3 is 2.63 bits per heavy atom. The lowest BCUT2D eigenvalue weighted by Gasteiger charge is -2.03. The number of hydrogen-bond acceptors (Lipinski definition) is 11. The zero-order chi connectivity index (χ0) is 24.6. The molecule has 0 aliphatic heterocycles. The van der Waals surface area contributed by atoms with Crippen LogP contribution in [-0.4, -0.2) is 52.0 Å². The van der Waals surface area contributed by atoms with Gasteiger partial charge in [-0.1, -0.05) is 40.4 Å². The molecule has 4 aromatic rings. The molecule has 2 aromatic heterocycles. The lowest BCUT2D eigenvalue weighted by atomic mass is 10.1. The van der Waals surface area contributed by atoms with Crippen LogP contribution in [0.2, 0.25) is 0 Å². The highest BCUT2D eigenvalue weighted by molar-refractivity contribution is 8.01. The van der Waals surface area contributed by atoms with E-state index >= 15 is 0 Å². The summed E-state index contributed by atoms with van der Waals surface area (Å²) in [5.74, 6) is 1.97. The molecular formula is C23H21N5O5S2. The molecule has 12 heteroatoms. The third kappa shape index (κ3) is 6.43. The van der Waals surface area contributed by atoms with E-state index in [-0.39, 0.29) is 30.3 Å². The first-order chi connectivity index (χ1) is 17.1. The number of aromatic nitrogens is 4. The van der Waals surface area contributed by atoms with Crippen molar-refractivity contribution in [1.29, 1.82) is 0 Å². The maximum Gasteiger partial charge on any atom is 0.227 e. The summed E-state index contributed by atoms with van der Waals surface area (Å²) in [6.07, 6.45) is 0.399. The molecule has 0 radical (unpaired) electrons. The standard InChI is InChI=1S/C23H21N5O5S2/c1-31-15-9-7-14(8-10-15)17(29)13-34-23-27-26-22(35-23)24-19(30)11-12-20-25-21(28-33-20)16-5-3-4-6-18(16)32-2/h3-10H,11-13H2,1-2H3,(H,24,26,30). The van der Waals surface area contributed by atoms with Crippen molar-refractivity contribution in [2.45, 2.75) is 17.2 Å². The molecule has 35 heavy (non-hydrogen) atoms. The molecule has 0 saturated carbocycles. The summed E-state index contributed by atoms with van der Waals surface area (Å²) < 4.78 is 16.3. The Bertz CT molecular complexity index is 1310. The van der Waals surface area contributed by atoms with E-state index in [0.717, 1.165) is 0 Å². The number of carbonyl (C=O) groups excluding carboxylic acids is 2. The lowest BCUT2D eigenvalue weighted by Crippen LogP contribution is -2.12. The molecule has 4 rings (SSSR count). The van der Waals surface area contributed by atoms with Gasteiger partial charge in [-0.25, -0.2) is 0 Å². The van der Waals surface area contributed by atoms with Crippen LogP contribution in [0.5, 0.6) is 11.5 Å². The molecule has 0 unspecified atom stereocenters. The number of nitrogens with one attached hydrogen (secondary N) is 1. The van der Waals surface area contributed by atoms with Gasteiger partial charge in [0, 0.05) is 18.4 Å². The second-order valence-electron chi connectivity index (χ2n) is 7.07. The van der Waals surface area contributed by atoms with E-state index in [1.54, 1.807) is 38.5 Å². The van der Waals surface area contributed by atoms with E-state index in [1.165, 1.54) is 23.1 Å². The first-order valence-electron chi connectivity index (χ1n) is 10.4. The first-order valence-corrected chi connectivity index (χ1v) is 12.3. The van der Waals surface area contributed by atoms with Crippen LogP contribution in [-0.2, 0) is 11.2 Å². The molecule has 2 heterocycles. The largest absolute Gasteiger partial charge is 0.497 e. The Morgan fingerprint density at radius 2 is 1.86 bits per heavy atom. The Morgan fingerprint density at radius 1 is 1.06 bits per heavy atom. The summed E-state index contributed by atoms with van der Waals surface area (Å²) in [4.78, 5) is 29.0. The lowest BCUT2D eigenvalue weighted by molar-refractivity contribution is -0.116. The number of rotatable bonds is 11. The van der Waals surface area contributed by atoms with Gasteiger partial charge < -0.3 is 19.3 Å². The van der Waals surface area contributed by atoms with Gasteiger partial charge >= 0.3 is 0 Å². The molecule has 0 atom stereocenters. The molecular weight excluding hydrogens is 490 g/mol. The Hall–Kier alpha value is -3.77. The summed E-state index contributed by atoms with van der Waals surface area (Å²) in [7, 11) is 3.14. The molecule has 0 saturated heterocycles. The molecule has 0 fully saturated rings. The average Bonchev–Trinajstić information content (AvgIpc) is 3.55. The third-order valence-electron chi connectivity index (χ3n) is 4.77. The molecule has 1 N–H and O–H groups in total. The van der Waals surface area contributed by atoms with E-state index in [9.17, 15) is 9.59 Å². The van der Waals surface area contributed by atoms with Crippen molar-refractivity contribution in [3.8, 4) is 22.9 Å². The zero-order valence-electron chi connectivity index (χ0n) is 18.9. The molecule has 0 spiro atoms. The number of hydrogen-bond donors (Lipinski definition) is 1. The van der Waals surface area contributed by atoms with Gasteiger partial charge in [-0.15, -0.1) is 10.2 Å². The fourth-order valence-corrected chi connectivity index (χ4v) is 4.67. The molecule has 0 aliphatic rings. The number of ether oxygens (including phenoxy) is 2. The molecule has 2 aromatic carbocycles. The van der Waals surface area contributed by atoms with Crippen LogP contribution < -0.4 is 14.8 Å². The van der Waals surface area contributed by atoms with E-state index < -0.39 is 0 Å². The molecule has 1 amide bonds. The third-order valence-corrected chi connectivity index (χ3v) is 6.75. The number of Topliss-reactive ketones (excluding diaryl/α,β-unsaturated/α-hetero) is 1. The van der Waals surface area contributed by atoms with Crippen LogP contribution in [0.3, 0.4) is 0 Å². The van der Waals surface area contributed by atoms with Crippen LogP contribution in [0.4, 0.5) is 5.13 Å². The van der Waals surface area contributed by atoms with Crippen molar-refractivity contribution in [2.75, 3.05) is 25.3 Å². The average molecular weight is 512 g/mol. The highest BCUT2D eigenvalue weighted by Crippen LogP contribution is 2.28. The molecule has 10 nitrogen and oxygen atoms in total. The number of benzene rings is 2. The van der Waals surface area contributed by atoms with Gasteiger partial charge in [0.25, 0.3) is 0 Å². The van der Waals surface area contributed by atoms with E-state index in [1.807, 2.05) is 24.3 Å². The van der Waals surface area contributed by atoms with Crippen molar-refractivity contribution in [2.24, 2.45) is 0 Å². The second-order valence-corrected chi connectivity index (χ2v) is 9.27. The topological polar surface area (TPSA) is 129 Å². The predicted molar refractivity (Wildman–Crippen MR) is 131 cm³/mol. The number of ketones is 1. The van der Waals surface area contributed by atoms with Gasteiger partial charge in [-0.2, -0.15) is 4.98 Å². The van der Waals surface area contributed by atoms with Gasteiger partial charge in [-0.05, 0) is 36.4 Å². The summed E-state index contributed by atoms with van der Waals surface area (Å²) in [6.45, 7) is 0. The van der Waals surface area contributed by atoms with E-state index in [4.69, 9.17) is 14.0 Å². The molecule has 180 valence electrons. The summed E-state index contributed by atoms with van der Waals surface area (Å²) in [5.41, 5.74) is 1.30. The number of thioether (sulfide) groups is 1. The van der Waals surface area contributed by atoms with Crippen molar-refractivity contribution in [1.82, 2.24) is 20.3 Å². The Balaban J connectivity index is 1.25. The van der Waals surface area contributed by atoms with Crippen LogP contribution >= 0.6 is 23.1 Å². The first kappa shape index (κ1) is 24.4. The maximum atomic E-state index is 12.3. The van der Waals surface area contributed by atoms with Gasteiger partial charge in [0.15, 0.2) is 10.1 Å². The minimum Gasteiger partial charge on any atom is -0.497 e. The smallest absolute Gasteiger partial charge is 0.227 e.